The van der Waals surface area contributed by atoms with Crippen LogP contribution in [-0.4, -0.2) is 12.9 Å². The van der Waals surface area contributed by atoms with Crippen LogP contribution in [0.25, 0.3) is 0 Å². The van der Waals surface area contributed by atoms with Crippen LogP contribution in [-0.2, 0) is 9.47 Å². The van der Waals surface area contributed by atoms with Gasteiger partial charge in [-0.3, -0.25) is 0 Å². The zero-order chi connectivity index (χ0) is 8.10. The van der Waals surface area contributed by atoms with E-state index < -0.39 is 0 Å². The van der Waals surface area contributed by atoms with Crippen molar-refractivity contribution in [2.45, 2.75) is 39.4 Å². The van der Waals surface area contributed by atoms with Crippen molar-refractivity contribution in [3.05, 3.63) is 11.8 Å². The predicted molar refractivity (Wildman–Crippen MR) is 44.1 cm³/mol. The van der Waals surface area contributed by atoms with E-state index in [-0.39, 0.29) is 6.29 Å². The van der Waals surface area contributed by atoms with Gasteiger partial charge in [0.1, 0.15) is 0 Å². The number of allylic oxidation sites excluding steroid dienone is 2. The Labute approximate surface area is 68.2 Å². The van der Waals surface area contributed by atoms with Crippen LogP contribution in [0.4, 0.5) is 0 Å². The van der Waals surface area contributed by atoms with Gasteiger partial charge in [0.25, 0.3) is 0 Å². The molecule has 1 fully saturated rings. The number of ether oxygens (including phenoxy) is 2. The largest absolute Gasteiger partial charge is 0.470 e. The molecule has 0 aromatic rings. The van der Waals surface area contributed by atoms with E-state index in [1.165, 1.54) is 12.8 Å². The maximum Gasteiger partial charge on any atom is 0.199 e. The van der Waals surface area contributed by atoms with Crippen LogP contribution in [0.5, 0.6) is 0 Å². The summed E-state index contributed by atoms with van der Waals surface area (Å²) in [6, 6.07) is 0. The number of hydrogen-bond acceptors (Lipinski definition) is 2. The molecule has 2 nitrogen and oxygen atoms in total. The van der Waals surface area contributed by atoms with Gasteiger partial charge in [-0.1, -0.05) is 0 Å². The summed E-state index contributed by atoms with van der Waals surface area (Å²) in [5.74, 6) is 0.955. The lowest BCUT2D eigenvalue weighted by molar-refractivity contribution is -0.138. The van der Waals surface area contributed by atoms with Crippen molar-refractivity contribution in [3.63, 3.8) is 0 Å². The first-order valence-corrected chi connectivity index (χ1v) is 4.24. The molecule has 2 heteroatoms. The van der Waals surface area contributed by atoms with Crippen molar-refractivity contribution in [3.8, 4) is 0 Å². The van der Waals surface area contributed by atoms with E-state index in [2.05, 4.69) is 0 Å². The van der Waals surface area contributed by atoms with Crippen molar-refractivity contribution in [2.75, 3.05) is 6.61 Å². The lowest BCUT2D eigenvalue weighted by Gasteiger charge is -2.23. The fourth-order valence-corrected chi connectivity index (χ4v) is 1.08. The molecule has 11 heavy (non-hydrogen) atoms. The van der Waals surface area contributed by atoms with Crippen LogP contribution in [0.1, 0.15) is 33.1 Å². The van der Waals surface area contributed by atoms with Crippen LogP contribution >= 0.6 is 0 Å². The topological polar surface area (TPSA) is 18.5 Å². The average molecular weight is 156 g/mol. The van der Waals surface area contributed by atoms with Gasteiger partial charge in [-0.25, -0.2) is 0 Å². The van der Waals surface area contributed by atoms with E-state index in [1.54, 1.807) is 0 Å². The van der Waals surface area contributed by atoms with Gasteiger partial charge < -0.3 is 9.47 Å². The molecule has 0 aromatic heterocycles. The minimum Gasteiger partial charge on any atom is -0.470 e. The molecule has 1 saturated heterocycles. The molecule has 0 aromatic carbocycles. The molecule has 1 heterocycles. The summed E-state index contributed by atoms with van der Waals surface area (Å²) in [4.78, 5) is 0. The summed E-state index contributed by atoms with van der Waals surface area (Å²) in [6.45, 7) is 4.78. The molecule has 64 valence electrons. The Morgan fingerprint density at radius 2 is 2.36 bits per heavy atom. The summed E-state index contributed by atoms with van der Waals surface area (Å²) in [5.41, 5.74) is 0. The quantitative estimate of drug-likeness (QED) is 0.572. The average Bonchev–Trinajstić information content (AvgIpc) is 2.06. The maximum atomic E-state index is 5.48. The van der Waals surface area contributed by atoms with Gasteiger partial charge >= 0.3 is 0 Å². The summed E-state index contributed by atoms with van der Waals surface area (Å²) >= 11 is 0. The number of rotatable bonds is 2. The van der Waals surface area contributed by atoms with Gasteiger partial charge in [0.05, 0.1) is 12.4 Å². The molecule has 1 aliphatic heterocycles. The highest BCUT2D eigenvalue weighted by molar-refractivity contribution is 4.84. The number of hydrogen-bond donors (Lipinski definition) is 0. The Balaban J connectivity index is 2.24. The minimum atomic E-state index is 0.0138. The van der Waals surface area contributed by atoms with Crippen molar-refractivity contribution in [1.29, 1.82) is 0 Å². The third kappa shape index (κ3) is 2.93. The van der Waals surface area contributed by atoms with Gasteiger partial charge in [0.2, 0.25) is 0 Å². The van der Waals surface area contributed by atoms with Crippen LogP contribution in [0.2, 0.25) is 0 Å². The highest BCUT2D eigenvalue weighted by Gasteiger charge is 2.14. The van der Waals surface area contributed by atoms with E-state index in [0.29, 0.717) is 0 Å². The Bertz CT molecular complexity index is 134. The lowest BCUT2D eigenvalue weighted by atomic mass is 10.2. The molecule has 0 amide bonds. The molecule has 1 rings (SSSR count). The molecule has 1 atom stereocenters. The second-order valence-corrected chi connectivity index (χ2v) is 2.81. The molecular weight excluding hydrogens is 140 g/mol. The van der Waals surface area contributed by atoms with E-state index in [9.17, 15) is 0 Å². The fraction of sp³-hybridized carbons (Fsp3) is 0.778. The Morgan fingerprint density at radius 1 is 1.55 bits per heavy atom. The van der Waals surface area contributed by atoms with Crippen molar-refractivity contribution in [1.82, 2.24) is 0 Å². The monoisotopic (exact) mass is 156 g/mol. The summed E-state index contributed by atoms with van der Waals surface area (Å²) in [7, 11) is 0. The zero-order valence-electron chi connectivity index (χ0n) is 7.30. The molecular formula is C9H16O2. The molecule has 1 unspecified atom stereocenters. The Hall–Kier alpha value is -0.500. The lowest BCUT2D eigenvalue weighted by Crippen LogP contribution is -2.21. The standard InChI is InChI=1S/C9H16O2/c1-3-8(2)11-9-6-4-5-7-10-9/h3,9H,4-7H2,1-2H3/b8-3-. The van der Waals surface area contributed by atoms with Crippen molar-refractivity contribution in [2.24, 2.45) is 0 Å². The van der Waals surface area contributed by atoms with Gasteiger partial charge in [-0.2, -0.15) is 0 Å². The summed E-state index contributed by atoms with van der Waals surface area (Å²) < 4.78 is 10.9. The molecule has 0 aliphatic carbocycles. The van der Waals surface area contributed by atoms with Gasteiger partial charge in [0.15, 0.2) is 6.29 Å². The second-order valence-electron chi connectivity index (χ2n) is 2.81. The van der Waals surface area contributed by atoms with E-state index in [4.69, 9.17) is 9.47 Å². The molecule has 0 spiro atoms. The smallest absolute Gasteiger partial charge is 0.199 e. The highest BCUT2D eigenvalue weighted by Crippen LogP contribution is 2.16. The first-order chi connectivity index (χ1) is 5.33. The van der Waals surface area contributed by atoms with Crippen LogP contribution in [0.3, 0.4) is 0 Å². The van der Waals surface area contributed by atoms with E-state index in [0.717, 1.165) is 18.8 Å². The normalized spacial score (nSPS) is 26.7. The van der Waals surface area contributed by atoms with E-state index in [1.807, 2.05) is 19.9 Å². The van der Waals surface area contributed by atoms with Crippen LogP contribution < -0.4 is 0 Å². The minimum absolute atomic E-state index is 0.0138. The zero-order valence-corrected chi connectivity index (χ0v) is 7.30. The third-order valence-electron chi connectivity index (χ3n) is 1.86. The first kappa shape index (κ1) is 8.60. The van der Waals surface area contributed by atoms with Crippen LogP contribution in [0, 0.1) is 0 Å². The third-order valence-corrected chi connectivity index (χ3v) is 1.86. The second kappa shape index (κ2) is 4.39. The molecule has 0 radical (unpaired) electrons. The SMILES string of the molecule is C/C=C(/C)OC1CCCCO1. The summed E-state index contributed by atoms with van der Waals surface area (Å²) in [5, 5.41) is 0. The molecule has 0 bridgehead atoms. The highest BCUT2D eigenvalue weighted by atomic mass is 16.7. The molecule has 0 saturated carbocycles. The van der Waals surface area contributed by atoms with Crippen molar-refractivity contribution < 1.29 is 9.47 Å². The molecule has 1 aliphatic rings. The van der Waals surface area contributed by atoms with Gasteiger partial charge in [-0.05, 0) is 32.8 Å². The van der Waals surface area contributed by atoms with Crippen molar-refractivity contribution >= 4 is 0 Å². The van der Waals surface area contributed by atoms with Gasteiger partial charge in [-0.15, -0.1) is 0 Å². The maximum absolute atomic E-state index is 5.48. The first-order valence-electron chi connectivity index (χ1n) is 4.24. The Morgan fingerprint density at radius 3 is 2.91 bits per heavy atom. The fourth-order valence-electron chi connectivity index (χ4n) is 1.08. The van der Waals surface area contributed by atoms with Crippen LogP contribution in [0.15, 0.2) is 11.8 Å². The Kier molecular flexibility index (Phi) is 3.43. The predicted octanol–water partition coefficient (Wildman–Crippen LogP) is 2.45. The molecule has 0 N–H and O–H groups in total. The van der Waals surface area contributed by atoms with Gasteiger partial charge in [0, 0.05) is 6.42 Å². The summed E-state index contributed by atoms with van der Waals surface area (Å²) in [6.07, 6.45) is 5.40. The van der Waals surface area contributed by atoms with E-state index >= 15 is 0 Å².